The second-order valence-electron chi connectivity index (χ2n) is 5.01. The van der Waals surface area contributed by atoms with Crippen molar-refractivity contribution < 1.29 is 4.74 Å². The third kappa shape index (κ3) is 3.81. The molecule has 3 heteroatoms. The molecule has 106 valence electrons. The van der Waals surface area contributed by atoms with Gasteiger partial charge in [-0.2, -0.15) is 0 Å². The average molecular weight is 270 g/mol. The summed E-state index contributed by atoms with van der Waals surface area (Å²) >= 11 is 0. The topological polar surface area (TPSA) is 34.2 Å². The van der Waals surface area contributed by atoms with Crippen LogP contribution in [0.15, 0.2) is 36.7 Å². The summed E-state index contributed by atoms with van der Waals surface area (Å²) in [5, 5.41) is 3.38. The quantitative estimate of drug-likeness (QED) is 0.806. The van der Waals surface area contributed by atoms with Crippen molar-refractivity contribution in [1.82, 2.24) is 10.3 Å². The highest BCUT2D eigenvalue weighted by molar-refractivity contribution is 5.39. The van der Waals surface area contributed by atoms with Crippen molar-refractivity contribution in [3.8, 4) is 11.5 Å². The Morgan fingerprint density at radius 3 is 2.75 bits per heavy atom. The predicted octanol–water partition coefficient (Wildman–Crippen LogP) is 3.99. The van der Waals surface area contributed by atoms with Crippen LogP contribution in [0.1, 0.15) is 30.0 Å². The maximum absolute atomic E-state index is 6.00. The molecule has 1 aromatic carbocycles. The summed E-state index contributed by atoms with van der Waals surface area (Å²) in [6, 6.07) is 8.07. The Morgan fingerprint density at radius 1 is 1.15 bits per heavy atom. The normalized spacial score (nSPS) is 10.6. The molecule has 1 N–H and O–H groups in total. The third-order valence-corrected chi connectivity index (χ3v) is 3.31. The van der Waals surface area contributed by atoms with Crippen LogP contribution in [0.2, 0.25) is 0 Å². The highest BCUT2D eigenvalue weighted by Gasteiger charge is 2.05. The molecule has 20 heavy (non-hydrogen) atoms. The molecular formula is C17H22N2O. The van der Waals surface area contributed by atoms with E-state index in [1.165, 1.54) is 11.1 Å². The van der Waals surface area contributed by atoms with Gasteiger partial charge < -0.3 is 10.1 Å². The van der Waals surface area contributed by atoms with E-state index in [4.69, 9.17) is 4.74 Å². The number of rotatable bonds is 6. The van der Waals surface area contributed by atoms with Crippen LogP contribution in [-0.2, 0) is 6.54 Å². The molecule has 0 bridgehead atoms. The lowest BCUT2D eigenvalue weighted by molar-refractivity contribution is 0.471. The number of hydrogen-bond donors (Lipinski definition) is 1. The first kappa shape index (κ1) is 14.5. The summed E-state index contributed by atoms with van der Waals surface area (Å²) < 4.78 is 6.00. The SMILES string of the molecule is CCCNCc1cnccc1Oc1ccc(C)c(C)c1. The fraction of sp³-hybridized carbons (Fsp3) is 0.353. The molecule has 1 heterocycles. The van der Waals surface area contributed by atoms with Crippen molar-refractivity contribution in [1.29, 1.82) is 0 Å². The smallest absolute Gasteiger partial charge is 0.134 e. The summed E-state index contributed by atoms with van der Waals surface area (Å²) in [4.78, 5) is 4.18. The molecule has 2 aromatic rings. The summed E-state index contributed by atoms with van der Waals surface area (Å²) in [6.07, 6.45) is 4.74. The van der Waals surface area contributed by atoms with Crippen LogP contribution in [0.4, 0.5) is 0 Å². The summed E-state index contributed by atoms with van der Waals surface area (Å²) in [5.41, 5.74) is 3.60. The molecule has 2 rings (SSSR count). The molecule has 0 atom stereocenters. The van der Waals surface area contributed by atoms with Gasteiger partial charge >= 0.3 is 0 Å². The first-order chi connectivity index (χ1) is 9.70. The summed E-state index contributed by atoms with van der Waals surface area (Å²) in [5.74, 6) is 1.74. The standard InChI is InChI=1S/C17H22N2O/c1-4-8-18-11-15-12-19-9-7-17(15)20-16-6-5-13(2)14(3)10-16/h5-7,9-10,12,18H,4,8,11H2,1-3H3. The maximum atomic E-state index is 6.00. The lowest BCUT2D eigenvalue weighted by atomic mass is 10.1. The van der Waals surface area contributed by atoms with E-state index in [0.29, 0.717) is 0 Å². The van der Waals surface area contributed by atoms with Crippen LogP contribution in [-0.4, -0.2) is 11.5 Å². The average Bonchev–Trinajstić information content (AvgIpc) is 2.45. The van der Waals surface area contributed by atoms with Gasteiger partial charge in [-0.1, -0.05) is 13.0 Å². The molecule has 3 nitrogen and oxygen atoms in total. The van der Waals surface area contributed by atoms with E-state index in [-0.39, 0.29) is 0 Å². The van der Waals surface area contributed by atoms with Gasteiger partial charge in [0, 0.05) is 24.5 Å². The van der Waals surface area contributed by atoms with E-state index >= 15 is 0 Å². The maximum Gasteiger partial charge on any atom is 0.134 e. The minimum atomic E-state index is 0.780. The molecule has 0 fully saturated rings. The minimum absolute atomic E-state index is 0.780. The number of aryl methyl sites for hydroxylation is 2. The van der Waals surface area contributed by atoms with Crippen molar-refractivity contribution in [3.63, 3.8) is 0 Å². The second-order valence-corrected chi connectivity index (χ2v) is 5.01. The molecule has 0 unspecified atom stereocenters. The molecule has 0 radical (unpaired) electrons. The minimum Gasteiger partial charge on any atom is -0.457 e. The number of hydrogen-bond acceptors (Lipinski definition) is 3. The zero-order chi connectivity index (χ0) is 14.4. The van der Waals surface area contributed by atoms with Gasteiger partial charge in [-0.05, 0) is 56.1 Å². The lowest BCUT2D eigenvalue weighted by Gasteiger charge is -2.12. The Labute approximate surface area is 121 Å². The Balaban J connectivity index is 2.13. The highest BCUT2D eigenvalue weighted by Crippen LogP contribution is 2.26. The van der Waals surface area contributed by atoms with Crippen LogP contribution < -0.4 is 10.1 Å². The molecule has 0 spiro atoms. The van der Waals surface area contributed by atoms with Crippen molar-refractivity contribution >= 4 is 0 Å². The molecule has 0 saturated heterocycles. The number of nitrogens with one attached hydrogen (secondary N) is 1. The Bertz CT molecular complexity index is 567. The van der Waals surface area contributed by atoms with Crippen LogP contribution in [0, 0.1) is 13.8 Å². The van der Waals surface area contributed by atoms with Gasteiger partial charge in [-0.3, -0.25) is 4.98 Å². The van der Waals surface area contributed by atoms with E-state index in [1.807, 2.05) is 18.3 Å². The first-order valence-corrected chi connectivity index (χ1v) is 7.09. The zero-order valence-corrected chi connectivity index (χ0v) is 12.4. The Hall–Kier alpha value is -1.87. The predicted molar refractivity (Wildman–Crippen MR) is 82.2 cm³/mol. The van der Waals surface area contributed by atoms with Crippen LogP contribution in [0.5, 0.6) is 11.5 Å². The molecule has 0 aliphatic carbocycles. The van der Waals surface area contributed by atoms with E-state index in [1.54, 1.807) is 6.20 Å². The number of nitrogens with zero attached hydrogens (tertiary/aromatic N) is 1. The molecule has 0 aliphatic rings. The van der Waals surface area contributed by atoms with Crippen molar-refractivity contribution in [2.24, 2.45) is 0 Å². The second kappa shape index (κ2) is 7.06. The monoisotopic (exact) mass is 270 g/mol. The van der Waals surface area contributed by atoms with Gasteiger partial charge in [0.15, 0.2) is 0 Å². The van der Waals surface area contributed by atoms with E-state index in [0.717, 1.165) is 36.6 Å². The number of aromatic nitrogens is 1. The zero-order valence-electron chi connectivity index (χ0n) is 12.4. The largest absolute Gasteiger partial charge is 0.457 e. The molecule has 0 saturated carbocycles. The van der Waals surface area contributed by atoms with Crippen LogP contribution >= 0.6 is 0 Å². The number of benzene rings is 1. The van der Waals surface area contributed by atoms with Gasteiger partial charge in [0.25, 0.3) is 0 Å². The molecule has 1 aromatic heterocycles. The molecule has 0 amide bonds. The van der Waals surface area contributed by atoms with E-state index < -0.39 is 0 Å². The lowest BCUT2D eigenvalue weighted by Crippen LogP contribution is -2.14. The highest BCUT2D eigenvalue weighted by atomic mass is 16.5. The molecular weight excluding hydrogens is 248 g/mol. The number of ether oxygens (including phenoxy) is 1. The van der Waals surface area contributed by atoms with Crippen LogP contribution in [0.3, 0.4) is 0 Å². The van der Waals surface area contributed by atoms with Crippen molar-refractivity contribution in [3.05, 3.63) is 53.3 Å². The Kier molecular flexibility index (Phi) is 5.13. The van der Waals surface area contributed by atoms with Gasteiger partial charge in [-0.25, -0.2) is 0 Å². The van der Waals surface area contributed by atoms with Crippen molar-refractivity contribution in [2.45, 2.75) is 33.7 Å². The third-order valence-electron chi connectivity index (χ3n) is 3.31. The summed E-state index contributed by atoms with van der Waals surface area (Å²) in [6.45, 7) is 8.13. The van der Waals surface area contributed by atoms with Gasteiger partial charge in [0.05, 0.1) is 0 Å². The van der Waals surface area contributed by atoms with E-state index in [2.05, 4.69) is 43.2 Å². The fourth-order valence-electron chi connectivity index (χ4n) is 1.95. The number of pyridine rings is 1. The van der Waals surface area contributed by atoms with E-state index in [9.17, 15) is 0 Å². The first-order valence-electron chi connectivity index (χ1n) is 7.09. The van der Waals surface area contributed by atoms with Crippen molar-refractivity contribution in [2.75, 3.05) is 6.54 Å². The summed E-state index contributed by atoms with van der Waals surface area (Å²) in [7, 11) is 0. The van der Waals surface area contributed by atoms with Gasteiger partial charge in [-0.15, -0.1) is 0 Å². The van der Waals surface area contributed by atoms with Crippen LogP contribution in [0.25, 0.3) is 0 Å². The van der Waals surface area contributed by atoms with Gasteiger partial charge in [0.2, 0.25) is 0 Å². The molecule has 0 aliphatic heterocycles. The Morgan fingerprint density at radius 2 is 2.00 bits per heavy atom. The van der Waals surface area contributed by atoms with Gasteiger partial charge in [0.1, 0.15) is 11.5 Å². The fourth-order valence-corrected chi connectivity index (χ4v) is 1.95.